The molecule has 0 saturated carbocycles. The normalized spacial score (nSPS) is 10.7. The summed E-state index contributed by atoms with van der Waals surface area (Å²) in [6.07, 6.45) is 3.49. The second-order valence-electron chi connectivity index (χ2n) is 5.43. The fourth-order valence-corrected chi connectivity index (χ4v) is 2.49. The Bertz CT molecular complexity index is 775. The molecule has 4 nitrogen and oxygen atoms in total. The highest BCUT2D eigenvalue weighted by Gasteiger charge is 2.06. The van der Waals surface area contributed by atoms with E-state index in [-0.39, 0.29) is 6.61 Å². The molecule has 0 bridgehead atoms. The van der Waals surface area contributed by atoms with Crippen LogP contribution in [0.4, 0.5) is 0 Å². The van der Waals surface area contributed by atoms with Crippen molar-refractivity contribution in [2.24, 2.45) is 0 Å². The summed E-state index contributed by atoms with van der Waals surface area (Å²) in [4.78, 5) is 9.48. The van der Waals surface area contributed by atoms with Crippen LogP contribution in [0.1, 0.15) is 16.7 Å². The van der Waals surface area contributed by atoms with Crippen molar-refractivity contribution >= 4 is 0 Å². The number of hydrogen-bond donors (Lipinski definition) is 1. The molecule has 0 saturated heterocycles. The summed E-state index contributed by atoms with van der Waals surface area (Å²) in [5, 5.41) is 9.32. The lowest BCUT2D eigenvalue weighted by atomic mass is 9.98. The summed E-state index contributed by atoms with van der Waals surface area (Å²) in [6.45, 7) is 0.947. The van der Waals surface area contributed by atoms with Crippen molar-refractivity contribution in [1.29, 1.82) is 0 Å². The van der Waals surface area contributed by atoms with Crippen molar-refractivity contribution in [3.05, 3.63) is 89.7 Å². The number of aliphatic hydroxyl groups excluding tert-OH is 1. The number of pyridine rings is 1. The van der Waals surface area contributed by atoms with Gasteiger partial charge in [0.1, 0.15) is 0 Å². The van der Waals surface area contributed by atoms with Gasteiger partial charge in [0, 0.05) is 12.4 Å². The second-order valence-corrected chi connectivity index (χ2v) is 5.43. The smallest absolute Gasteiger partial charge is 0.0959 e. The van der Waals surface area contributed by atoms with Crippen LogP contribution in [-0.2, 0) is 24.6 Å². The molecule has 0 aliphatic heterocycles. The molecule has 4 heteroatoms. The maximum Gasteiger partial charge on any atom is 0.0959 e. The molecule has 0 spiro atoms. The van der Waals surface area contributed by atoms with Gasteiger partial charge in [-0.15, -0.1) is 0 Å². The monoisotopic (exact) mass is 319 g/mol. The van der Waals surface area contributed by atoms with Gasteiger partial charge in [-0.25, -0.2) is 0 Å². The van der Waals surface area contributed by atoms with E-state index in [1.165, 1.54) is 0 Å². The van der Waals surface area contributed by atoms with E-state index in [9.17, 15) is 5.11 Å². The third-order valence-electron chi connectivity index (χ3n) is 3.75. The number of hydrogen-bond acceptors (Lipinski definition) is 3. The maximum atomic E-state index is 9.32. The van der Waals surface area contributed by atoms with Crippen LogP contribution in [0, 0.1) is 0 Å². The van der Waals surface area contributed by atoms with E-state index in [1.54, 1.807) is 12.4 Å². The number of hydroxylamine groups is 1. The van der Waals surface area contributed by atoms with E-state index in [0.29, 0.717) is 13.2 Å². The van der Waals surface area contributed by atoms with Gasteiger partial charge in [0.25, 0.3) is 0 Å². The number of aromatic nitrogens is 1. The largest absolute Gasteiger partial charge is 0.392 e. The number of nitrogens with zero attached hydrogens (tertiary/aromatic N) is 2. The third-order valence-corrected chi connectivity index (χ3v) is 3.75. The quantitative estimate of drug-likeness (QED) is 0.536. The highest BCUT2D eigenvalue weighted by molar-refractivity contribution is 5.67. The predicted octanol–water partition coefficient (Wildman–Crippen LogP) is 3.48. The van der Waals surface area contributed by atoms with Gasteiger partial charge in [0.2, 0.25) is 0 Å². The van der Waals surface area contributed by atoms with Crippen molar-refractivity contribution in [2.45, 2.75) is 19.8 Å². The van der Waals surface area contributed by atoms with E-state index in [2.05, 4.69) is 16.5 Å². The Morgan fingerprint density at radius 1 is 0.917 bits per heavy atom. The molecule has 24 heavy (non-hydrogen) atoms. The van der Waals surface area contributed by atoms with Crippen LogP contribution < -0.4 is 5.48 Å². The Hall–Kier alpha value is -2.53. The van der Waals surface area contributed by atoms with Crippen molar-refractivity contribution < 1.29 is 9.94 Å². The summed E-state index contributed by atoms with van der Waals surface area (Å²) in [6, 6.07) is 19.8. The lowest BCUT2D eigenvalue weighted by Gasteiger charge is -2.11. The fourth-order valence-electron chi connectivity index (χ4n) is 2.49. The molecule has 0 aliphatic rings. The third kappa shape index (κ3) is 4.26. The first kappa shape index (κ1) is 16.3. The molecule has 0 aliphatic carbocycles. The van der Waals surface area contributed by atoms with E-state index >= 15 is 0 Å². The first-order chi connectivity index (χ1) is 11.9. The molecule has 0 atom stereocenters. The van der Waals surface area contributed by atoms with Gasteiger partial charge in [0.05, 0.1) is 19.8 Å². The molecule has 1 heterocycles. The van der Waals surface area contributed by atoms with Gasteiger partial charge >= 0.3 is 0 Å². The van der Waals surface area contributed by atoms with Crippen molar-refractivity contribution in [3.8, 4) is 11.1 Å². The zero-order valence-corrected chi connectivity index (χ0v) is 13.3. The van der Waals surface area contributed by atoms with E-state index in [4.69, 9.17) is 4.84 Å². The molecular formula is C20H19N2O2. The Balaban J connectivity index is 1.66. The van der Waals surface area contributed by atoms with Crippen LogP contribution in [0.15, 0.2) is 73.1 Å². The SMILES string of the molecule is OCc1cccc(-c2ccccc2CO[N]Cc2ccncc2)c1. The van der Waals surface area contributed by atoms with Crippen LogP contribution in [0.25, 0.3) is 11.1 Å². The van der Waals surface area contributed by atoms with E-state index in [0.717, 1.165) is 27.8 Å². The van der Waals surface area contributed by atoms with E-state index < -0.39 is 0 Å². The predicted molar refractivity (Wildman–Crippen MR) is 92.7 cm³/mol. The molecule has 1 radical (unpaired) electrons. The lowest BCUT2D eigenvalue weighted by Crippen LogP contribution is -2.07. The highest BCUT2D eigenvalue weighted by atomic mass is 16.6. The van der Waals surface area contributed by atoms with Gasteiger partial charge in [-0.1, -0.05) is 47.9 Å². The average molecular weight is 319 g/mol. The zero-order valence-electron chi connectivity index (χ0n) is 13.3. The van der Waals surface area contributed by atoms with Crippen molar-refractivity contribution in [2.75, 3.05) is 0 Å². The molecule has 0 unspecified atom stereocenters. The van der Waals surface area contributed by atoms with Gasteiger partial charge < -0.3 is 5.11 Å². The Labute approximate surface area is 141 Å². The van der Waals surface area contributed by atoms with Crippen molar-refractivity contribution in [1.82, 2.24) is 10.5 Å². The molecule has 2 aromatic carbocycles. The fraction of sp³-hybridized carbons (Fsp3) is 0.150. The van der Waals surface area contributed by atoms with Crippen LogP contribution in [0.5, 0.6) is 0 Å². The minimum absolute atomic E-state index is 0.0355. The Kier molecular flexibility index (Phi) is 5.69. The highest BCUT2D eigenvalue weighted by Crippen LogP contribution is 2.25. The summed E-state index contributed by atoms with van der Waals surface area (Å²) >= 11 is 0. The van der Waals surface area contributed by atoms with E-state index in [1.807, 2.05) is 54.6 Å². The maximum absolute atomic E-state index is 9.32. The summed E-state index contributed by atoms with van der Waals surface area (Å²) in [5.74, 6) is 0. The summed E-state index contributed by atoms with van der Waals surface area (Å²) in [7, 11) is 0. The van der Waals surface area contributed by atoms with Crippen LogP contribution in [0.3, 0.4) is 0 Å². The van der Waals surface area contributed by atoms with Gasteiger partial charge in [-0.3, -0.25) is 9.82 Å². The molecule has 1 aromatic heterocycles. The van der Waals surface area contributed by atoms with Gasteiger partial charge in [-0.2, -0.15) is 0 Å². The first-order valence-electron chi connectivity index (χ1n) is 7.82. The number of aliphatic hydroxyl groups is 1. The molecular weight excluding hydrogens is 300 g/mol. The summed E-state index contributed by atoms with van der Waals surface area (Å²) in [5.41, 5.74) is 9.31. The zero-order chi connectivity index (χ0) is 16.6. The number of rotatable bonds is 7. The van der Waals surface area contributed by atoms with Crippen LogP contribution in [0.2, 0.25) is 0 Å². The second kappa shape index (κ2) is 8.36. The lowest BCUT2D eigenvalue weighted by molar-refractivity contribution is 0.0154. The Morgan fingerprint density at radius 3 is 2.58 bits per heavy atom. The van der Waals surface area contributed by atoms with Crippen LogP contribution >= 0.6 is 0 Å². The molecule has 0 fully saturated rings. The molecule has 3 aromatic rings. The molecule has 0 amide bonds. The van der Waals surface area contributed by atoms with Crippen LogP contribution in [-0.4, -0.2) is 10.1 Å². The van der Waals surface area contributed by atoms with Gasteiger partial charge in [0.15, 0.2) is 0 Å². The molecule has 3 rings (SSSR count). The first-order valence-corrected chi connectivity index (χ1v) is 7.82. The van der Waals surface area contributed by atoms with Gasteiger partial charge in [-0.05, 0) is 46.0 Å². The minimum atomic E-state index is 0.0355. The topological polar surface area (TPSA) is 56.5 Å². The molecule has 121 valence electrons. The standard InChI is InChI=1S/C20H19N2O2/c23-14-17-4-3-6-18(12-17)20-7-2-1-5-19(20)15-24-22-13-16-8-10-21-11-9-16/h1-12,23H,13-15H2. The average Bonchev–Trinajstić information content (AvgIpc) is 2.66. The Morgan fingerprint density at radius 2 is 1.75 bits per heavy atom. The summed E-state index contributed by atoms with van der Waals surface area (Å²) < 4.78 is 0. The molecule has 1 N–H and O–H groups in total. The number of benzene rings is 2. The van der Waals surface area contributed by atoms with Crippen molar-refractivity contribution in [3.63, 3.8) is 0 Å². The minimum Gasteiger partial charge on any atom is -0.392 e.